The number of carboxylic acids is 1. The zero-order chi connectivity index (χ0) is 16.3. The molecule has 0 saturated heterocycles. The Bertz CT molecular complexity index is 691. The van der Waals surface area contributed by atoms with E-state index in [-0.39, 0.29) is 16.7 Å². The number of hydrogen-bond acceptors (Lipinski definition) is 4. The molecule has 116 valence electrons. The van der Waals surface area contributed by atoms with Gasteiger partial charge in [0.2, 0.25) is 0 Å². The molecule has 0 radical (unpaired) electrons. The highest BCUT2D eigenvalue weighted by atomic mass is 16.4. The lowest BCUT2D eigenvalue weighted by atomic mass is 9.86. The molecule has 0 fully saturated rings. The Labute approximate surface area is 129 Å². The number of aromatic hydroxyl groups is 1. The van der Waals surface area contributed by atoms with E-state index in [1.54, 1.807) is 30.3 Å². The van der Waals surface area contributed by atoms with E-state index in [0.29, 0.717) is 5.69 Å². The second-order valence-electron chi connectivity index (χ2n) is 6.08. The average molecular weight is 300 g/mol. The highest BCUT2D eigenvalue weighted by Gasteiger charge is 2.18. The second kappa shape index (κ2) is 5.97. The van der Waals surface area contributed by atoms with Crippen LogP contribution in [0.1, 0.15) is 36.7 Å². The van der Waals surface area contributed by atoms with Crippen LogP contribution in [0.3, 0.4) is 0 Å². The van der Waals surface area contributed by atoms with Gasteiger partial charge in [0.15, 0.2) is 0 Å². The Morgan fingerprint density at radius 2 is 1.73 bits per heavy atom. The van der Waals surface area contributed by atoms with Gasteiger partial charge in [0, 0.05) is 5.56 Å². The molecular weight excluding hydrogens is 280 g/mol. The van der Waals surface area contributed by atoms with Crippen LogP contribution >= 0.6 is 0 Å². The van der Waals surface area contributed by atoms with E-state index in [9.17, 15) is 9.90 Å². The van der Waals surface area contributed by atoms with E-state index >= 15 is 0 Å². The average Bonchev–Trinajstić information content (AvgIpc) is 2.45. The molecule has 5 nitrogen and oxygen atoms in total. The summed E-state index contributed by atoms with van der Waals surface area (Å²) in [6, 6.07) is 11.8. The molecular formula is C17H20N2O3. The molecule has 0 aromatic heterocycles. The Hall–Kier alpha value is -2.69. The van der Waals surface area contributed by atoms with Crippen molar-refractivity contribution in [2.45, 2.75) is 26.2 Å². The molecule has 0 heterocycles. The SMILES string of the molecule is CC(C)(C)c1cc(NNc2ccccc2C(=O)O)ccc1O. The number of phenolic OH excluding ortho intramolecular Hbond substituents is 1. The van der Waals surface area contributed by atoms with Gasteiger partial charge in [-0.2, -0.15) is 0 Å². The van der Waals surface area contributed by atoms with Crippen molar-refractivity contribution in [3.8, 4) is 5.75 Å². The molecule has 0 spiro atoms. The van der Waals surface area contributed by atoms with E-state index in [1.165, 1.54) is 6.07 Å². The number of aromatic carboxylic acids is 1. The first-order valence-electron chi connectivity index (χ1n) is 6.97. The van der Waals surface area contributed by atoms with Gasteiger partial charge < -0.3 is 21.1 Å². The Morgan fingerprint density at radius 3 is 2.36 bits per heavy atom. The number of phenols is 1. The largest absolute Gasteiger partial charge is 0.508 e. The summed E-state index contributed by atoms with van der Waals surface area (Å²) >= 11 is 0. The Morgan fingerprint density at radius 1 is 1.05 bits per heavy atom. The van der Waals surface area contributed by atoms with Crippen molar-refractivity contribution in [1.29, 1.82) is 0 Å². The monoisotopic (exact) mass is 300 g/mol. The summed E-state index contributed by atoms with van der Waals surface area (Å²) in [7, 11) is 0. The summed E-state index contributed by atoms with van der Waals surface area (Å²) in [6.45, 7) is 6.04. The lowest BCUT2D eigenvalue weighted by Crippen LogP contribution is -2.15. The van der Waals surface area contributed by atoms with Crippen molar-refractivity contribution in [3.63, 3.8) is 0 Å². The number of carboxylic acid groups (broad SMARTS) is 1. The quantitative estimate of drug-likeness (QED) is 0.509. The normalized spacial score (nSPS) is 11.0. The van der Waals surface area contributed by atoms with E-state index in [4.69, 9.17) is 5.11 Å². The van der Waals surface area contributed by atoms with Crippen molar-refractivity contribution in [2.75, 3.05) is 10.9 Å². The van der Waals surface area contributed by atoms with Crippen LogP contribution in [-0.4, -0.2) is 16.2 Å². The number of rotatable bonds is 4. The predicted octanol–water partition coefficient (Wildman–Crippen LogP) is 3.83. The summed E-state index contributed by atoms with van der Waals surface area (Å²) in [5.74, 6) is -0.755. The van der Waals surface area contributed by atoms with Crippen molar-refractivity contribution in [2.24, 2.45) is 0 Å². The van der Waals surface area contributed by atoms with Gasteiger partial charge in [0.1, 0.15) is 5.75 Å². The fraction of sp³-hybridized carbons (Fsp3) is 0.235. The summed E-state index contributed by atoms with van der Waals surface area (Å²) in [4.78, 5) is 11.2. The number of anilines is 2. The third-order valence-corrected chi connectivity index (χ3v) is 3.30. The molecule has 0 unspecified atom stereocenters. The molecule has 0 aliphatic rings. The number of para-hydroxylation sites is 1. The van der Waals surface area contributed by atoms with Crippen LogP contribution in [0.15, 0.2) is 42.5 Å². The highest BCUT2D eigenvalue weighted by molar-refractivity contribution is 5.94. The molecule has 22 heavy (non-hydrogen) atoms. The van der Waals surface area contributed by atoms with Gasteiger partial charge in [-0.15, -0.1) is 0 Å². The minimum Gasteiger partial charge on any atom is -0.508 e. The van der Waals surface area contributed by atoms with E-state index in [1.807, 2.05) is 26.8 Å². The van der Waals surface area contributed by atoms with Crippen LogP contribution in [0, 0.1) is 0 Å². The molecule has 0 bridgehead atoms. The van der Waals surface area contributed by atoms with Crippen LogP contribution in [0.25, 0.3) is 0 Å². The molecule has 2 aromatic carbocycles. The predicted molar refractivity (Wildman–Crippen MR) is 87.5 cm³/mol. The zero-order valence-electron chi connectivity index (χ0n) is 12.8. The van der Waals surface area contributed by atoms with E-state index in [0.717, 1.165) is 11.3 Å². The zero-order valence-corrected chi connectivity index (χ0v) is 12.8. The maximum atomic E-state index is 11.2. The summed E-state index contributed by atoms with van der Waals surface area (Å²) in [5.41, 5.74) is 7.88. The van der Waals surface area contributed by atoms with Gasteiger partial charge in [-0.1, -0.05) is 32.9 Å². The molecule has 2 aromatic rings. The maximum Gasteiger partial charge on any atom is 0.337 e. The lowest BCUT2D eigenvalue weighted by Gasteiger charge is -2.22. The van der Waals surface area contributed by atoms with Crippen molar-refractivity contribution < 1.29 is 15.0 Å². The second-order valence-corrected chi connectivity index (χ2v) is 6.08. The van der Waals surface area contributed by atoms with E-state index in [2.05, 4.69) is 10.9 Å². The Kier molecular flexibility index (Phi) is 4.26. The van der Waals surface area contributed by atoms with Crippen LogP contribution in [-0.2, 0) is 5.41 Å². The third kappa shape index (κ3) is 3.49. The third-order valence-electron chi connectivity index (χ3n) is 3.30. The van der Waals surface area contributed by atoms with Crippen LogP contribution < -0.4 is 10.9 Å². The van der Waals surface area contributed by atoms with Crippen molar-refractivity contribution in [1.82, 2.24) is 0 Å². The first-order valence-corrected chi connectivity index (χ1v) is 6.97. The molecule has 2 rings (SSSR count). The minimum atomic E-state index is -0.994. The highest BCUT2D eigenvalue weighted by Crippen LogP contribution is 2.32. The first kappa shape index (κ1) is 15.7. The molecule has 0 amide bonds. The van der Waals surface area contributed by atoms with Crippen molar-refractivity contribution in [3.05, 3.63) is 53.6 Å². The fourth-order valence-electron chi connectivity index (χ4n) is 2.13. The fourth-order valence-corrected chi connectivity index (χ4v) is 2.13. The van der Waals surface area contributed by atoms with Gasteiger partial charge in [-0.25, -0.2) is 4.79 Å². The van der Waals surface area contributed by atoms with Crippen LogP contribution in [0.2, 0.25) is 0 Å². The van der Waals surface area contributed by atoms with Crippen LogP contribution in [0.5, 0.6) is 5.75 Å². The maximum absolute atomic E-state index is 11.2. The van der Waals surface area contributed by atoms with E-state index < -0.39 is 5.97 Å². The molecule has 5 heteroatoms. The minimum absolute atomic E-state index is 0.185. The van der Waals surface area contributed by atoms with Gasteiger partial charge in [-0.05, 0) is 35.7 Å². The molecule has 4 N–H and O–H groups in total. The topological polar surface area (TPSA) is 81.6 Å². The summed E-state index contributed by atoms with van der Waals surface area (Å²) in [6.07, 6.45) is 0. The number of carbonyl (C=O) groups is 1. The van der Waals surface area contributed by atoms with Gasteiger partial charge >= 0.3 is 5.97 Å². The van der Waals surface area contributed by atoms with Gasteiger partial charge in [0.05, 0.1) is 16.9 Å². The standard InChI is InChI=1S/C17H20N2O3/c1-17(2,3)13-10-11(8-9-15(13)20)18-19-14-7-5-4-6-12(14)16(21)22/h4-10,18-20H,1-3H3,(H,21,22). The summed E-state index contributed by atoms with van der Waals surface area (Å²) < 4.78 is 0. The lowest BCUT2D eigenvalue weighted by molar-refractivity contribution is 0.0698. The number of benzene rings is 2. The van der Waals surface area contributed by atoms with Gasteiger partial charge in [0.25, 0.3) is 0 Å². The molecule has 0 aliphatic heterocycles. The summed E-state index contributed by atoms with van der Waals surface area (Å²) in [5, 5.41) is 19.1. The smallest absolute Gasteiger partial charge is 0.337 e. The number of hydrazine groups is 1. The molecule has 0 saturated carbocycles. The van der Waals surface area contributed by atoms with Crippen LogP contribution in [0.4, 0.5) is 11.4 Å². The van der Waals surface area contributed by atoms with Gasteiger partial charge in [-0.3, -0.25) is 0 Å². The first-order chi connectivity index (χ1) is 10.3. The number of hydrogen-bond donors (Lipinski definition) is 4. The van der Waals surface area contributed by atoms with Crippen molar-refractivity contribution >= 4 is 17.3 Å². The Balaban J connectivity index is 2.21. The molecule has 0 atom stereocenters. The number of nitrogens with one attached hydrogen (secondary N) is 2. The molecule has 0 aliphatic carbocycles.